The van der Waals surface area contributed by atoms with Crippen molar-refractivity contribution < 1.29 is 0 Å². The molecule has 2 aromatic rings. The molecule has 0 radical (unpaired) electrons. The van der Waals surface area contributed by atoms with Gasteiger partial charge in [-0.3, -0.25) is 0 Å². The zero-order chi connectivity index (χ0) is 9.10. The second-order valence-electron chi connectivity index (χ2n) is 2.48. The number of hydrogen-bond acceptors (Lipinski definition) is 3. The molecule has 0 saturated heterocycles. The molecule has 2 heterocycles. The van der Waals surface area contributed by atoms with Crippen molar-refractivity contribution in [2.45, 2.75) is 5.88 Å². The minimum atomic E-state index is 0.472. The summed E-state index contributed by atoms with van der Waals surface area (Å²) in [6.45, 7) is 0. The van der Waals surface area contributed by atoms with Gasteiger partial charge in [-0.15, -0.1) is 16.4 Å². The SMILES string of the molecule is ClCc1ccc(-n2nccn2)nc1. The van der Waals surface area contributed by atoms with E-state index in [0.29, 0.717) is 11.7 Å². The first-order valence-electron chi connectivity index (χ1n) is 3.78. The lowest BCUT2D eigenvalue weighted by atomic mass is 10.3. The molecule has 0 aliphatic rings. The minimum absolute atomic E-state index is 0.472. The number of pyridine rings is 1. The molecule has 0 aromatic carbocycles. The predicted octanol–water partition coefficient (Wildman–Crippen LogP) is 1.40. The molecule has 2 aromatic heterocycles. The van der Waals surface area contributed by atoms with Crippen molar-refractivity contribution in [2.24, 2.45) is 0 Å². The van der Waals surface area contributed by atoms with E-state index >= 15 is 0 Å². The zero-order valence-electron chi connectivity index (χ0n) is 6.76. The van der Waals surface area contributed by atoms with Crippen molar-refractivity contribution in [1.29, 1.82) is 0 Å². The Morgan fingerprint density at radius 1 is 1.23 bits per heavy atom. The van der Waals surface area contributed by atoms with Gasteiger partial charge in [0, 0.05) is 12.1 Å². The molecular weight excluding hydrogens is 188 g/mol. The first-order valence-corrected chi connectivity index (χ1v) is 4.31. The Labute approximate surface area is 80.2 Å². The molecule has 0 spiro atoms. The van der Waals surface area contributed by atoms with E-state index in [0.717, 1.165) is 5.56 Å². The summed E-state index contributed by atoms with van der Waals surface area (Å²) in [5, 5.41) is 7.90. The van der Waals surface area contributed by atoms with Gasteiger partial charge in [0.05, 0.1) is 12.4 Å². The van der Waals surface area contributed by atoms with Gasteiger partial charge in [-0.05, 0) is 11.6 Å². The van der Waals surface area contributed by atoms with Gasteiger partial charge in [0.25, 0.3) is 0 Å². The Hall–Kier alpha value is -1.42. The van der Waals surface area contributed by atoms with Gasteiger partial charge in [0.1, 0.15) is 0 Å². The third-order valence-corrected chi connectivity index (χ3v) is 1.90. The summed E-state index contributed by atoms with van der Waals surface area (Å²) in [6.07, 6.45) is 4.93. The Balaban J connectivity index is 2.33. The average Bonchev–Trinajstić information content (AvgIpc) is 2.71. The average molecular weight is 195 g/mol. The number of nitrogens with zero attached hydrogens (tertiary/aromatic N) is 4. The third kappa shape index (κ3) is 1.67. The van der Waals surface area contributed by atoms with Crippen LogP contribution in [0.5, 0.6) is 0 Å². The largest absolute Gasteiger partial charge is 0.235 e. The molecule has 66 valence electrons. The van der Waals surface area contributed by atoms with Crippen LogP contribution in [0.1, 0.15) is 5.56 Å². The molecule has 0 atom stereocenters. The third-order valence-electron chi connectivity index (χ3n) is 1.59. The predicted molar refractivity (Wildman–Crippen MR) is 48.7 cm³/mol. The van der Waals surface area contributed by atoms with Gasteiger partial charge >= 0.3 is 0 Å². The maximum absolute atomic E-state index is 5.63. The van der Waals surface area contributed by atoms with Gasteiger partial charge in [-0.25, -0.2) is 4.98 Å². The van der Waals surface area contributed by atoms with Crippen LogP contribution in [-0.2, 0) is 5.88 Å². The lowest BCUT2D eigenvalue weighted by Gasteiger charge is -1.98. The number of aromatic nitrogens is 4. The first kappa shape index (κ1) is 8.19. The van der Waals surface area contributed by atoms with Gasteiger partial charge in [0.15, 0.2) is 5.82 Å². The van der Waals surface area contributed by atoms with Crippen LogP contribution in [0.4, 0.5) is 0 Å². The zero-order valence-corrected chi connectivity index (χ0v) is 7.52. The molecule has 0 saturated carbocycles. The normalized spacial score (nSPS) is 10.2. The molecular formula is C8H7ClN4. The first-order chi connectivity index (χ1) is 6.40. The monoisotopic (exact) mass is 194 g/mol. The van der Waals surface area contributed by atoms with E-state index < -0.39 is 0 Å². The van der Waals surface area contributed by atoms with Gasteiger partial charge in [0.2, 0.25) is 0 Å². The van der Waals surface area contributed by atoms with Crippen LogP contribution in [0, 0.1) is 0 Å². The maximum atomic E-state index is 5.63. The van der Waals surface area contributed by atoms with Crippen molar-refractivity contribution in [3.8, 4) is 5.82 Å². The summed E-state index contributed by atoms with van der Waals surface area (Å²) in [5.41, 5.74) is 0.984. The highest BCUT2D eigenvalue weighted by Crippen LogP contribution is 2.04. The standard InChI is InChI=1S/C8H7ClN4/c9-5-7-1-2-8(10-6-7)13-11-3-4-12-13/h1-4,6H,5H2. The van der Waals surface area contributed by atoms with Crippen LogP contribution in [0.3, 0.4) is 0 Å². The van der Waals surface area contributed by atoms with E-state index in [1.54, 1.807) is 18.6 Å². The molecule has 13 heavy (non-hydrogen) atoms. The van der Waals surface area contributed by atoms with Crippen LogP contribution in [-0.4, -0.2) is 20.0 Å². The van der Waals surface area contributed by atoms with Crippen molar-refractivity contribution >= 4 is 11.6 Å². The fourth-order valence-electron chi connectivity index (χ4n) is 0.948. The molecule has 0 aliphatic heterocycles. The van der Waals surface area contributed by atoms with Crippen LogP contribution in [0.2, 0.25) is 0 Å². The fourth-order valence-corrected chi connectivity index (χ4v) is 1.11. The molecule has 2 rings (SSSR count). The summed E-state index contributed by atoms with van der Waals surface area (Å²) in [7, 11) is 0. The van der Waals surface area contributed by atoms with E-state index in [1.165, 1.54) is 4.80 Å². The lowest BCUT2D eigenvalue weighted by molar-refractivity contribution is 0.728. The Kier molecular flexibility index (Phi) is 2.23. The van der Waals surface area contributed by atoms with Crippen LogP contribution < -0.4 is 0 Å². The van der Waals surface area contributed by atoms with Crippen molar-refractivity contribution in [3.63, 3.8) is 0 Å². The molecule has 5 heteroatoms. The van der Waals surface area contributed by atoms with Crippen LogP contribution in [0.15, 0.2) is 30.7 Å². The highest BCUT2D eigenvalue weighted by Gasteiger charge is 1.97. The lowest BCUT2D eigenvalue weighted by Crippen LogP contribution is -2.00. The summed E-state index contributed by atoms with van der Waals surface area (Å²) in [4.78, 5) is 5.60. The molecule has 0 unspecified atom stereocenters. The Morgan fingerprint density at radius 3 is 2.54 bits per heavy atom. The van der Waals surface area contributed by atoms with E-state index in [4.69, 9.17) is 11.6 Å². The number of rotatable bonds is 2. The molecule has 0 fully saturated rings. The minimum Gasteiger partial charge on any atom is -0.235 e. The van der Waals surface area contributed by atoms with Crippen LogP contribution in [0.25, 0.3) is 5.82 Å². The molecule has 0 N–H and O–H groups in total. The second-order valence-corrected chi connectivity index (χ2v) is 2.74. The van der Waals surface area contributed by atoms with Crippen molar-refractivity contribution in [1.82, 2.24) is 20.0 Å². The second kappa shape index (κ2) is 3.53. The summed E-state index contributed by atoms with van der Waals surface area (Å²) in [6, 6.07) is 3.73. The number of alkyl halides is 1. The molecule has 0 bridgehead atoms. The van der Waals surface area contributed by atoms with E-state index in [1.807, 2.05) is 12.1 Å². The fraction of sp³-hybridized carbons (Fsp3) is 0.125. The Bertz CT molecular complexity index is 368. The van der Waals surface area contributed by atoms with Gasteiger partial charge < -0.3 is 0 Å². The van der Waals surface area contributed by atoms with E-state index in [-0.39, 0.29) is 0 Å². The smallest absolute Gasteiger partial charge is 0.174 e. The Morgan fingerprint density at radius 2 is 2.00 bits per heavy atom. The molecule has 0 amide bonds. The highest BCUT2D eigenvalue weighted by atomic mass is 35.5. The molecule has 4 nitrogen and oxygen atoms in total. The highest BCUT2D eigenvalue weighted by molar-refractivity contribution is 6.17. The van der Waals surface area contributed by atoms with E-state index in [2.05, 4.69) is 15.2 Å². The van der Waals surface area contributed by atoms with Crippen molar-refractivity contribution in [3.05, 3.63) is 36.3 Å². The number of halogens is 1. The summed E-state index contributed by atoms with van der Waals surface area (Å²) >= 11 is 5.63. The summed E-state index contributed by atoms with van der Waals surface area (Å²) in [5.74, 6) is 1.17. The maximum Gasteiger partial charge on any atom is 0.174 e. The quantitative estimate of drug-likeness (QED) is 0.679. The van der Waals surface area contributed by atoms with Crippen LogP contribution >= 0.6 is 11.6 Å². The van der Waals surface area contributed by atoms with E-state index in [9.17, 15) is 0 Å². The van der Waals surface area contributed by atoms with Gasteiger partial charge in [-0.2, -0.15) is 10.2 Å². The van der Waals surface area contributed by atoms with Gasteiger partial charge in [-0.1, -0.05) is 6.07 Å². The number of hydrogen-bond donors (Lipinski definition) is 0. The summed E-state index contributed by atoms with van der Waals surface area (Å²) < 4.78 is 0. The molecule has 0 aliphatic carbocycles. The topological polar surface area (TPSA) is 43.6 Å². The van der Waals surface area contributed by atoms with Crippen molar-refractivity contribution in [2.75, 3.05) is 0 Å².